The molecule has 4 heterocycles. The number of aliphatic hydroxyl groups is 1. The largest absolute Gasteiger partial charge is 0.391 e. The second-order valence-electron chi connectivity index (χ2n) is 7.85. The lowest BCUT2D eigenvalue weighted by molar-refractivity contribution is 0.0305. The summed E-state index contributed by atoms with van der Waals surface area (Å²) in [5, 5.41) is 14.8. The first-order chi connectivity index (χ1) is 13.7. The second kappa shape index (κ2) is 7.25. The number of fused-ring (bicyclic) bond motifs is 1. The summed E-state index contributed by atoms with van der Waals surface area (Å²) in [6, 6.07) is -0.0539. The van der Waals surface area contributed by atoms with Crippen molar-refractivity contribution in [3.05, 3.63) is 24.7 Å². The number of hydrogen-bond donors (Lipinski definition) is 1. The van der Waals surface area contributed by atoms with E-state index in [4.69, 9.17) is 4.74 Å². The van der Waals surface area contributed by atoms with Crippen molar-refractivity contribution in [2.45, 2.75) is 25.0 Å². The Labute approximate surface area is 162 Å². The van der Waals surface area contributed by atoms with Crippen molar-refractivity contribution < 1.29 is 14.2 Å². The van der Waals surface area contributed by atoms with Crippen LogP contribution < -0.4 is 9.80 Å². The number of aromatic nitrogens is 5. The van der Waals surface area contributed by atoms with Crippen molar-refractivity contribution in [2.75, 3.05) is 49.2 Å². The highest BCUT2D eigenvalue weighted by Crippen LogP contribution is 2.41. The highest BCUT2D eigenvalue weighted by molar-refractivity contribution is 5.46. The molecule has 0 bridgehead atoms. The van der Waals surface area contributed by atoms with E-state index in [0.29, 0.717) is 56.3 Å². The molecule has 9 nitrogen and oxygen atoms in total. The summed E-state index contributed by atoms with van der Waals surface area (Å²) < 4.78 is 21.4. The maximum Gasteiger partial charge on any atom is 0.227 e. The molecule has 0 radical (unpaired) electrons. The van der Waals surface area contributed by atoms with Gasteiger partial charge in [-0.1, -0.05) is 0 Å². The number of aliphatic hydroxyl groups excluding tert-OH is 1. The Balaban J connectivity index is 1.33. The molecule has 10 heteroatoms. The summed E-state index contributed by atoms with van der Waals surface area (Å²) in [5.41, 5.74) is 0. The van der Waals surface area contributed by atoms with Crippen LogP contribution in [0.4, 0.5) is 16.2 Å². The molecular formula is C18H24FN7O2. The smallest absolute Gasteiger partial charge is 0.227 e. The molecule has 28 heavy (non-hydrogen) atoms. The van der Waals surface area contributed by atoms with Gasteiger partial charge in [0, 0.05) is 26.2 Å². The lowest BCUT2D eigenvalue weighted by Gasteiger charge is -2.34. The lowest BCUT2D eigenvalue weighted by atomic mass is 9.77. The molecule has 0 amide bonds. The molecule has 5 rings (SSSR count). The van der Waals surface area contributed by atoms with Gasteiger partial charge < -0.3 is 19.6 Å². The maximum absolute atomic E-state index is 14.3. The zero-order valence-corrected chi connectivity index (χ0v) is 15.6. The summed E-state index contributed by atoms with van der Waals surface area (Å²) >= 11 is 0. The Morgan fingerprint density at radius 1 is 1.11 bits per heavy atom. The molecule has 0 aromatic carbocycles. The van der Waals surface area contributed by atoms with Gasteiger partial charge in [-0.15, -0.1) is 0 Å². The van der Waals surface area contributed by atoms with Gasteiger partial charge >= 0.3 is 0 Å². The molecule has 2 aromatic rings. The van der Waals surface area contributed by atoms with E-state index >= 15 is 0 Å². The number of ether oxygens (including phenoxy) is 1. The van der Waals surface area contributed by atoms with Gasteiger partial charge in [-0.05, 0) is 24.7 Å². The Morgan fingerprint density at radius 2 is 1.89 bits per heavy atom. The minimum Gasteiger partial charge on any atom is -0.391 e. The summed E-state index contributed by atoms with van der Waals surface area (Å²) in [7, 11) is 0. The van der Waals surface area contributed by atoms with Crippen molar-refractivity contribution in [2.24, 2.45) is 11.8 Å². The van der Waals surface area contributed by atoms with Crippen LogP contribution in [0.15, 0.2) is 18.9 Å². The Hall–Kier alpha value is -2.33. The summed E-state index contributed by atoms with van der Waals surface area (Å²) in [6.07, 6.45) is 5.54. The number of rotatable bonds is 3. The predicted octanol–water partition coefficient (Wildman–Crippen LogP) is 0.492. The average molecular weight is 389 g/mol. The van der Waals surface area contributed by atoms with Crippen LogP contribution in [0.1, 0.15) is 18.9 Å². The quantitative estimate of drug-likeness (QED) is 0.811. The fourth-order valence-corrected chi connectivity index (χ4v) is 4.74. The number of hydrogen-bond acceptors (Lipinski definition) is 8. The zero-order chi connectivity index (χ0) is 19.1. The molecule has 1 aliphatic carbocycles. The van der Waals surface area contributed by atoms with Crippen molar-refractivity contribution >= 4 is 11.8 Å². The third-order valence-electron chi connectivity index (χ3n) is 6.19. The highest BCUT2D eigenvalue weighted by atomic mass is 19.1. The molecule has 2 saturated heterocycles. The average Bonchev–Trinajstić information content (AvgIpc) is 3.38. The van der Waals surface area contributed by atoms with E-state index in [1.165, 1.54) is 12.5 Å². The fourth-order valence-electron chi connectivity index (χ4n) is 4.74. The van der Waals surface area contributed by atoms with E-state index < -0.39 is 11.9 Å². The van der Waals surface area contributed by atoms with Crippen molar-refractivity contribution in [3.8, 4) is 0 Å². The highest BCUT2D eigenvalue weighted by Gasteiger charge is 2.43. The van der Waals surface area contributed by atoms with E-state index in [2.05, 4.69) is 25.0 Å². The van der Waals surface area contributed by atoms with Crippen LogP contribution in [0, 0.1) is 17.7 Å². The topological polar surface area (TPSA) is 92.4 Å². The van der Waals surface area contributed by atoms with Crippen LogP contribution in [-0.2, 0) is 4.74 Å². The number of nitrogens with zero attached hydrogens (tertiary/aromatic N) is 7. The van der Waals surface area contributed by atoms with Crippen LogP contribution in [0.2, 0.25) is 0 Å². The fraction of sp³-hybridized carbons (Fsp3) is 0.667. The molecule has 4 atom stereocenters. The van der Waals surface area contributed by atoms with E-state index in [1.807, 2.05) is 4.90 Å². The van der Waals surface area contributed by atoms with Gasteiger partial charge in [-0.3, -0.25) is 0 Å². The van der Waals surface area contributed by atoms with Crippen LogP contribution in [0.3, 0.4) is 0 Å². The third kappa shape index (κ3) is 3.20. The molecular weight excluding hydrogens is 365 g/mol. The minimum atomic E-state index is -0.444. The maximum atomic E-state index is 14.3. The third-order valence-corrected chi connectivity index (χ3v) is 6.19. The Bertz CT molecular complexity index is 814. The second-order valence-corrected chi connectivity index (χ2v) is 7.85. The van der Waals surface area contributed by atoms with Crippen LogP contribution in [-0.4, -0.2) is 75.3 Å². The monoisotopic (exact) mass is 389 g/mol. The van der Waals surface area contributed by atoms with Gasteiger partial charge in [-0.2, -0.15) is 10.1 Å². The Kier molecular flexibility index (Phi) is 4.59. The predicted molar refractivity (Wildman–Crippen MR) is 98.5 cm³/mol. The lowest BCUT2D eigenvalue weighted by Crippen LogP contribution is -2.37. The first-order valence-electron chi connectivity index (χ1n) is 9.81. The normalized spacial score (nSPS) is 30.5. The zero-order valence-electron chi connectivity index (χ0n) is 15.6. The molecule has 3 aliphatic rings. The number of anilines is 2. The van der Waals surface area contributed by atoms with Crippen molar-refractivity contribution in [1.82, 2.24) is 24.7 Å². The summed E-state index contributed by atoms with van der Waals surface area (Å²) in [6.45, 7) is 3.99. The number of halogens is 1. The van der Waals surface area contributed by atoms with Gasteiger partial charge in [0.2, 0.25) is 5.95 Å². The molecule has 0 unspecified atom stereocenters. The standard InChI is InChI=1S/C18H24FN7O2/c19-14-7-21-18(23-17(14)24-1-3-28-4-2-24)25-8-12-5-15(26-11-20-10-22-26)16(27)6-13(12)9-25/h7,10-13,15-16,27H,1-6,8-9H2/t12-,13+,15-,16-/m1/s1. The molecule has 1 saturated carbocycles. The first kappa shape index (κ1) is 17.7. The molecule has 3 fully saturated rings. The minimum absolute atomic E-state index is 0.0539. The van der Waals surface area contributed by atoms with Crippen LogP contribution in [0.25, 0.3) is 0 Å². The molecule has 1 N–H and O–H groups in total. The molecule has 0 spiro atoms. The van der Waals surface area contributed by atoms with Gasteiger partial charge in [0.15, 0.2) is 11.6 Å². The Morgan fingerprint density at radius 3 is 2.64 bits per heavy atom. The molecule has 2 aromatic heterocycles. The van der Waals surface area contributed by atoms with E-state index in [-0.39, 0.29) is 6.04 Å². The first-order valence-corrected chi connectivity index (χ1v) is 9.81. The SMILES string of the molecule is O[C@@H]1C[C@H]2CN(c3ncc(F)c(N4CCOCC4)n3)C[C@H]2C[C@H]1n1cncn1. The van der Waals surface area contributed by atoms with Crippen molar-refractivity contribution in [1.29, 1.82) is 0 Å². The molecule has 150 valence electrons. The van der Waals surface area contributed by atoms with Gasteiger partial charge in [0.25, 0.3) is 0 Å². The van der Waals surface area contributed by atoms with Gasteiger partial charge in [0.05, 0.1) is 31.6 Å². The summed E-state index contributed by atoms with van der Waals surface area (Å²) in [4.78, 5) is 16.8. The van der Waals surface area contributed by atoms with E-state index in [1.54, 1.807) is 11.0 Å². The molecule has 2 aliphatic heterocycles. The van der Waals surface area contributed by atoms with Crippen LogP contribution >= 0.6 is 0 Å². The van der Waals surface area contributed by atoms with Crippen LogP contribution in [0.5, 0.6) is 0 Å². The van der Waals surface area contributed by atoms with Gasteiger partial charge in [-0.25, -0.2) is 19.0 Å². The summed E-state index contributed by atoms with van der Waals surface area (Å²) in [5.74, 6) is 1.30. The van der Waals surface area contributed by atoms with Gasteiger partial charge in [0.1, 0.15) is 12.7 Å². The number of morpholine rings is 1. The van der Waals surface area contributed by atoms with E-state index in [9.17, 15) is 9.50 Å². The van der Waals surface area contributed by atoms with E-state index in [0.717, 1.165) is 19.5 Å². The van der Waals surface area contributed by atoms with Crippen molar-refractivity contribution in [3.63, 3.8) is 0 Å².